The lowest BCUT2D eigenvalue weighted by Crippen LogP contribution is -2.47. The molecule has 4 nitrogen and oxygen atoms in total. The molecule has 1 saturated heterocycles. The van der Waals surface area contributed by atoms with E-state index >= 15 is 0 Å². The SMILES string of the molecule is CC[SiH]1O[SiH](CC)O[SiH](CC)O1.CN(C)C. The number of nitrogens with zero attached hydrogens (tertiary/aromatic N) is 1. The molecule has 0 spiro atoms. The number of hydrogen-bond donors (Lipinski definition) is 0. The van der Waals surface area contributed by atoms with Crippen molar-refractivity contribution in [2.75, 3.05) is 21.1 Å². The molecule has 0 radical (unpaired) electrons. The van der Waals surface area contributed by atoms with E-state index in [1.165, 1.54) is 0 Å². The van der Waals surface area contributed by atoms with Gasteiger partial charge in [-0.25, -0.2) is 0 Å². The summed E-state index contributed by atoms with van der Waals surface area (Å²) in [5.74, 6) is 0. The third kappa shape index (κ3) is 7.71. The number of hydrogen-bond acceptors (Lipinski definition) is 4. The van der Waals surface area contributed by atoms with E-state index in [1.807, 2.05) is 26.0 Å². The van der Waals surface area contributed by atoms with Crippen molar-refractivity contribution in [2.24, 2.45) is 0 Å². The molecule has 1 rings (SSSR count). The summed E-state index contributed by atoms with van der Waals surface area (Å²) in [7, 11) is 2.23. The molecule has 0 saturated carbocycles. The molecule has 98 valence electrons. The van der Waals surface area contributed by atoms with Gasteiger partial charge in [0.05, 0.1) is 0 Å². The first kappa shape index (κ1) is 16.5. The molecule has 1 aliphatic heterocycles. The van der Waals surface area contributed by atoms with Gasteiger partial charge in [-0.15, -0.1) is 0 Å². The van der Waals surface area contributed by atoms with Gasteiger partial charge in [-0.1, -0.05) is 20.8 Å². The van der Waals surface area contributed by atoms with E-state index in [1.54, 1.807) is 0 Å². The maximum Gasteiger partial charge on any atom is 0.303 e. The zero-order valence-electron chi connectivity index (χ0n) is 11.5. The Labute approximate surface area is 105 Å². The molecular formula is C9H27NO3Si3. The van der Waals surface area contributed by atoms with Crippen LogP contribution in [0.5, 0.6) is 0 Å². The standard InChI is InChI=1S/C6H18O3Si3.C3H9N/c1-4-10-7-11(5-2)9-12(6-3)8-10;1-4(2)3/h10-12H,4-6H2,1-3H3;1-3H3. The van der Waals surface area contributed by atoms with Crippen molar-refractivity contribution in [3.05, 3.63) is 0 Å². The maximum absolute atomic E-state index is 5.78. The van der Waals surface area contributed by atoms with E-state index in [4.69, 9.17) is 12.3 Å². The molecule has 0 aliphatic carbocycles. The number of rotatable bonds is 3. The highest BCUT2D eigenvalue weighted by Gasteiger charge is 2.31. The second kappa shape index (κ2) is 9.51. The van der Waals surface area contributed by atoms with E-state index in [-0.39, 0.29) is 0 Å². The molecule has 7 heteroatoms. The van der Waals surface area contributed by atoms with Gasteiger partial charge in [-0.2, -0.15) is 0 Å². The van der Waals surface area contributed by atoms with Gasteiger partial charge >= 0.3 is 27.9 Å². The van der Waals surface area contributed by atoms with E-state index < -0.39 is 27.9 Å². The van der Waals surface area contributed by atoms with Crippen LogP contribution in [-0.4, -0.2) is 53.9 Å². The van der Waals surface area contributed by atoms with E-state index in [2.05, 4.69) is 20.8 Å². The van der Waals surface area contributed by atoms with Gasteiger partial charge in [0.2, 0.25) is 0 Å². The van der Waals surface area contributed by atoms with Crippen LogP contribution in [0.3, 0.4) is 0 Å². The zero-order chi connectivity index (χ0) is 12.6. The molecule has 1 heterocycles. The first-order valence-electron chi connectivity index (χ1n) is 6.10. The summed E-state index contributed by atoms with van der Waals surface area (Å²) in [4.78, 5) is 2.00. The Balaban J connectivity index is 0.000000487. The van der Waals surface area contributed by atoms with Crippen LogP contribution in [0.4, 0.5) is 0 Å². The quantitative estimate of drug-likeness (QED) is 0.721. The third-order valence-electron chi connectivity index (χ3n) is 1.91. The van der Waals surface area contributed by atoms with Crippen molar-refractivity contribution in [3.8, 4) is 0 Å². The van der Waals surface area contributed by atoms with Crippen molar-refractivity contribution in [1.82, 2.24) is 4.90 Å². The average Bonchev–Trinajstić information content (AvgIpc) is 2.27. The first-order chi connectivity index (χ1) is 7.53. The fraction of sp³-hybridized carbons (Fsp3) is 1.00. The lowest BCUT2D eigenvalue weighted by atomic mass is 11.0. The summed E-state index contributed by atoms with van der Waals surface area (Å²) < 4.78 is 17.4. The highest BCUT2D eigenvalue weighted by atomic mass is 28.5. The molecule has 0 aromatic rings. The highest BCUT2D eigenvalue weighted by molar-refractivity contribution is 6.73. The van der Waals surface area contributed by atoms with Crippen LogP contribution in [0, 0.1) is 0 Å². The lowest BCUT2D eigenvalue weighted by Gasteiger charge is -2.33. The van der Waals surface area contributed by atoms with Gasteiger partial charge in [0.15, 0.2) is 0 Å². The summed E-state index contributed by atoms with van der Waals surface area (Å²) in [5.41, 5.74) is 0. The first-order valence-corrected chi connectivity index (χ1v) is 11.4. The fourth-order valence-electron chi connectivity index (χ4n) is 1.18. The van der Waals surface area contributed by atoms with Crippen LogP contribution < -0.4 is 0 Å². The van der Waals surface area contributed by atoms with Gasteiger partial charge in [0.25, 0.3) is 0 Å². The van der Waals surface area contributed by atoms with Crippen LogP contribution in [0.15, 0.2) is 0 Å². The third-order valence-corrected chi connectivity index (χ3v) is 11.2. The van der Waals surface area contributed by atoms with Crippen LogP contribution >= 0.6 is 0 Å². The average molecular weight is 282 g/mol. The molecule has 0 N–H and O–H groups in total. The monoisotopic (exact) mass is 281 g/mol. The second-order valence-electron chi connectivity index (χ2n) is 4.26. The van der Waals surface area contributed by atoms with Crippen molar-refractivity contribution < 1.29 is 12.3 Å². The summed E-state index contributed by atoms with van der Waals surface area (Å²) in [6.45, 7) is 6.47. The highest BCUT2D eigenvalue weighted by Crippen LogP contribution is 2.14. The second-order valence-corrected chi connectivity index (χ2v) is 12.6. The molecule has 0 amide bonds. The van der Waals surface area contributed by atoms with Crippen LogP contribution in [0.25, 0.3) is 0 Å². The molecule has 0 aromatic heterocycles. The zero-order valence-corrected chi connectivity index (χ0v) is 15.0. The molecule has 0 unspecified atom stereocenters. The van der Waals surface area contributed by atoms with Gasteiger partial charge in [0.1, 0.15) is 0 Å². The van der Waals surface area contributed by atoms with Crippen molar-refractivity contribution in [3.63, 3.8) is 0 Å². The summed E-state index contributed by atoms with van der Waals surface area (Å²) in [5, 5.41) is 0. The minimum Gasteiger partial charge on any atom is -0.420 e. The Morgan fingerprint density at radius 1 is 0.688 bits per heavy atom. The Morgan fingerprint density at radius 2 is 0.875 bits per heavy atom. The molecule has 0 bridgehead atoms. The molecule has 0 atom stereocenters. The lowest BCUT2D eigenvalue weighted by molar-refractivity contribution is 0.281. The molecule has 16 heavy (non-hydrogen) atoms. The van der Waals surface area contributed by atoms with E-state index in [9.17, 15) is 0 Å². The smallest absolute Gasteiger partial charge is 0.303 e. The largest absolute Gasteiger partial charge is 0.420 e. The molecular weight excluding hydrogens is 254 g/mol. The minimum absolute atomic E-state index is 1.09. The predicted molar refractivity (Wildman–Crippen MR) is 75.8 cm³/mol. The Bertz CT molecular complexity index is 142. The van der Waals surface area contributed by atoms with E-state index in [0.717, 1.165) is 18.1 Å². The summed E-state index contributed by atoms with van der Waals surface area (Å²) >= 11 is 0. The topological polar surface area (TPSA) is 30.9 Å². The van der Waals surface area contributed by atoms with Crippen molar-refractivity contribution >= 4 is 27.9 Å². The predicted octanol–water partition coefficient (Wildman–Crippen LogP) is 0.949. The molecule has 1 aliphatic rings. The van der Waals surface area contributed by atoms with Gasteiger partial charge in [0, 0.05) is 0 Å². The van der Waals surface area contributed by atoms with Crippen LogP contribution in [-0.2, 0) is 12.3 Å². The Hall–Kier alpha value is 0.491. The molecule has 1 fully saturated rings. The van der Waals surface area contributed by atoms with Crippen LogP contribution in [0.1, 0.15) is 20.8 Å². The summed E-state index contributed by atoms with van der Waals surface area (Å²) in [6, 6.07) is 3.28. The normalized spacial score (nSPS) is 29.8. The van der Waals surface area contributed by atoms with Gasteiger partial charge < -0.3 is 17.2 Å². The van der Waals surface area contributed by atoms with Crippen molar-refractivity contribution in [1.29, 1.82) is 0 Å². The Morgan fingerprint density at radius 3 is 1.00 bits per heavy atom. The van der Waals surface area contributed by atoms with Crippen molar-refractivity contribution in [2.45, 2.75) is 38.9 Å². The van der Waals surface area contributed by atoms with Gasteiger partial charge in [-0.05, 0) is 39.3 Å². The van der Waals surface area contributed by atoms with E-state index in [0.29, 0.717) is 0 Å². The Kier molecular flexibility index (Phi) is 9.81. The summed E-state index contributed by atoms with van der Waals surface area (Å²) in [6.07, 6.45) is 0. The molecule has 0 aromatic carbocycles. The maximum atomic E-state index is 5.78. The minimum atomic E-state index is -1.26. The fourth-order valence-corrected chi connectivity index (χ4v) is 12.4. The van der Waals surface area contributed by atoms with Gasteiger partial charge in [-0.3, -0.25) is 0 Å². The van der Waals surface area contributed by atoms with Crippen LogP contribution in [0.2, 0.25) is 18.1 Å².